The number of anilines is 1. The van der Waals surface area contributed by atoms with Crippen molar-refractivity contribution in [3.63, 3.8) is 0 Å². The van der Waals surface area contributed by atoms with Crippen LogP contribution >= 0.6 is 0 Å². The molecule has 0 saturated carbocycles. The lowest BCUT2D eigenvalue weighted by atomic mass is 10.2. The van der Waals surface area contributed by atoms with Crippen LogP contribution in [0.15, 0.2) is 53.4 Å². The zero-order valence-electron chi connectivity index (χ0n) is 19.2. The van der Waals surface area contributed by atoms with Gasteiger partial charge >= 0.3 is 5.97 Å². The number of nitrogens with zero attached hydrogens (tertiary/aromatic N) is 1. The van der Waals surface area contributed by atoms with Crippen molar-refractivity contribution in [3.05, 3.63) is 54.1 Å². The van der Waals surface area contributed by atoms with E-state index in [4.69, 9.17) is 14.2 Å². The number of hydrogen-bond acceptors (Lipinski definition) is 7. The van der Waals surface area contributed by atoms with Crippen molar-refractivity contribution in [1.82, 2.24) is 4.31 Å². The van der Waals surface area contributed by atoms with Crippen molar-refractivity contribution in [2.75, 3.05) is 39.2 Å². The number of methoxy groups -OCH3 is 2. The Balaban J connectivity index is 1.60. The fourth-order valence-electron chi connectivity index (χ4n) is 3.46. The first kappa shape index (κ1) is 25.3. The summed E-state index contributed by atoms with van der Waals surface area (Å²) in [6.45, 7) is 0.371. The number of carbonyl (C=O) groups excluding carboxylic acids is 2. The first-order chi connectivity index (χ1) is 16.3. The molecule has 0 bridgehead atoms. The topological polar surface area (TPSA) is 111 Å². The Morgan fingerprint density at radius 3 is 2.35 bits per heavy atom. The molecule has 1 fully saturated rings. The van der Waals surface area contributed by atoms with Crippen molar-refractivity contribution < 1.29 is 32.2 Å². The van der Waals surface area contributed by atoms with Gasteiger partial charge in [0.25, 0.3) is 5.91 Å². The van der Waals surface area contributed by atoms with E-state index >= 15 is 0 Å². The third kappa shape index (κ3) is 6.58. The lowest BCUT2D eigenvalue weighted by molar-refractivity contribution is -0.142. The van der Waals surface area contributed by atoms with E-state index in [1.807, 2.05) is 0 Å². The average molecular weight is 489 g/mol. The van der Waals surface area contributed by atoms with Gasteiger partial charge in [0.05, 0.1) is 14.2 Å². The molecule has 1 N–H and O–H groups in total. The first-order valence-electron chi connectivity index (χ1n) is 10.8. The van der Waals surface area contributed by atoms with Crippen molar-refractivity contribution in [2.45, 2.75) is 24.2 Å². The molecule has 9 nitrogen and oxygen atoms in total. The van der Waals surface area contributed by atoms with Crippen LogP contribution in [0.2, 0.25) is 0 Å². The largest absolute Gasteiger partial charge is 0.497 e. The van der Waals surface area contributed by atoms with Crippen molar-refractivity contribution >= 4 is 33.7 Å². The lowest BCUT2D eigenvalue weighted by Crippen LogP contribution is -2.35. The second kappa shape index (κ2) is 11.7. The van der Waals surface area contributed by atoms with Crippen LogP contribution in [0, 0.1) is 0 Å². The van der Waals surface area contributed by atoms with E-state index in [-0.39, 0.29) is 16.3 Å². The van der Waals surface area contributed by atoms with Gasteiger partial charge in [0.15, 0.2) is 6.61 Å². The zero-order valence-corrected chi connectivity index (χ0v) is 20.0. The molecule has 0 unspecified atom stereocenters. The number of sulfonamides is 1. The average Bonchev–Trinajstić information content (AvgIpc) is 2.87. The molecule has 34 heavy (non-hydrogen) atoms. The summed E-state index contributed by atoms with van der Waals surface area (Å²) in [6, 6.07) is 11.4. The molecule has 1 heterocycles. The van der Waals surface area contributed by atoms with Gasteiger partial charge in [0.2, 0.25) is 10.0 Å². The molecule has 0 aliphatic carbocycles. The van der Waals surface area contributed by atoms with E-state index in [0.717, 1.165) is 24.8 Å². The Morgan fingerprint density at radius 2 is 1.71 bits per heavy atom. The summed E-state index contributed by atoms with van der Waals surface area (Å²) in [4.78, 5) is 24.2. The Hall–Kier alpha value is -3.37. The Morgan fingerprint density at radius 1 is 1.00 bits per heavy atom. The van der Waals surface area contributed by atoms with Crippen LogP contribution in [0.1, 0.15) is 24.8 Å². The van der Waals surface area contributed by atoms with E-state index in [9.17, 15) is 18.0 Å². The number of rotatable bonds is 9. The molecule has 2 aromatic rings. The molecule has 1 aliphatic heterocycles. The van der Waals surface area contributed by atoms with Crippen LogP contribution in [0.3, 0.4) is 0 Å². The highest BCUT2D eigenvalue weighted by molar-refractivity contribution is 7.89. The first-order valence-corrected chi connectivity index (χ1v) is 12.2. The van der Waals surface area contributed by atoms with Crippen LogP contribution in [0.25, 0.3) is 6.08 Å². The van der Waals surface area contributed by atoms with Gasteiger partial charge in [-0.2, -0.15) is 4.31 Å². The number of benzene rings is 2. The maximum absolute atomic E-state index is 13.1. The number of ether oxygens (including phenoxy) is 3. The van der Waals surface area contributed by atoms with Crippen molar-refractivity contribution in [3.8, 4) is 11.5 Å². The van der Waals surface area contributed by atoms with Gasteiger partial charge in [0, 0.05) is 24.9 Å². The monoisotopic (exact) mass is 488 g/mol. The van der Waals surface area contributed by atoms with Crippen molar-refractivity contribution in [2.24, 2.45) is 0 Å². The van der Waals surface area contributed by atoms with Gasteiger partial charge in [-0.3, -0.25) is 4.79 Å². The van der Waals surface area contributed by atoms with E-state index in [1.54, 1.807) is 37.5 Å². The molecule has 0 atom stereocenters. The van der Waals surface area contributed by atoms with Crippen LogP contribution in [0.4, 0.5) is 5.69 Å². The second-order valence-electron chi connectivity index (χ2n) is 7.59. The third-order valence-electron chi connectivity index (χ3n) is 5.25. The molecule has 1 saturated heterocycles. The molecule has 0 spiro atoms. The zero-order chi connectivity index (χ0) is 24.6. The number of esters is 1. The van der Waals surface area contributed by atoms with Gasteiger partial charge in [-0.1, -0.05) is 18.6 Å². The molecule has 2 aromatic carbocycles. The number of amides is 1. The SMILES string of the molecule is COc1ccc(/C=C/C(=O)OCC(=O)Nc2ccc(OC)c(S(=O)(=O)N3CCCCC3)c2)cc1. The minimum absolute atomic E-state index is 0.0193. The molecular formula is C24H28N2O7S. The van der Waals surface area contributed by atoms with E-state index in [0.29, 0.717) is 18.8 Å². The molecule has 182 valence electrons. The Bertz CT molecular complexity index is 1140. The summed E-state index contributed by atoms with van der Waals surface area (Å²) in [5.74, 6) is -0.396. The van der Waals surface area contributed by atoms with Crippen LogP contribution < -0.4 is 14.8 Å². The standard InChI is InChI=1S/C24H28N2O7S/c1-31-20-10-6-18(7-11-20)8-13-24(28)33-17-23(27)25-19-9-12-21(32-2)22(16-19)34(29,30)26-14-4-3-5-15-26/h6-13,16H,3-5,14-15,17H2,1-2H3,(H,25,27)/b13-8+. The highest BCUT2D eigenvalue weighted by atomic mass is 32.2. The summed E-state index contributed by atoms with van der Waals surface area (Å²) >= 11 is 0. The third-order valence-corrected chi connectivity index (χ3v) is 7.17. The predicted octanol–water partition coefficient (Wildman–Crippen LogP) is 3.07. The normalized spacial score (nSPS) is 14.5. The Labute approximate surface area is 199 Å². The predicted molar refractivity (Wildman–Crippen MR) is 127 cm³/mol. The molecule has 1 amide bonds. The summed E-state index contributed by atoms with van der Waals surface area (Å²) < 4.78 is 42.9. The molecule has 10 heteroatoms. The van der Waals surface area contributed by atoms with Gasteiger partial charge < -0.3 is 19.5 Å². The van der Waals surface area contributed by atoms with E-state index < -0.39 is 28.5 Å². The van der Waals surface area contributed by atoms with Gasteiger partial charge in [-0.15, -0.1) is 0 Å². The molecule has 1 aliphatic rings. The van der Waals surface area contributed by atoms with Gasteiger partial charge in [-0.05, 0) is 54.8 Å². The van der Waals surface area contributed by atoms with Gasteiger partial charge in [0.1, 0.15) is 16.4 Å². The Kier molecular flexibility index (Phi) is 8.67. The summed E-state index contributed by atoms with van der Waals surface area (Å²) in [7, 11) is -0.819. The lowest BCUT2D eigenvalue weighted by Gasteiger charge is -2.26. The molecule has 0 aromatic heterocycles. The fraction of sp³-hybridized carbons (Fsp3) is 0.333. The number of piperidine rings is 1. The number of nitrogens with one attached hydrogen (secondary N) is 1. The van der Waals surface area contributed by atoms with Crippen molar-refractivity contribution in [1.29, 1.82) is 0 Å². The minimum atomic E-state index is -3.77. The second-order valence-corrected chi connectivity index (χ2v) is 9.50. The summed E-state index contributed by atoms with van der Waals surface area (Å²) in [5, 5.41) is 2.56. The number of hydrogen-bond donors (Lipinski definition) is 1. The molecular weight excluding hydrogens is 460 g/mol. The smallest absolute Gasteiger partial charge is 0.331 e. The summed E-state index contributed by atoms with van der Waals surface area (Å²) in [5.41, 5.74) is 1.02. The fourth-order valence-corrected chi connectivity index (χ4v) is 5.16. The quantitative estimate of drug-likeness (QED) is 0.427. The maximum atomic E-state index is 13.1. The molecule has 3 rings (SSSR count). The van der Waals surface area contributed by atoms with Crippen LogP contribution in [-0.2, 0) is 24.3 Å². The highest BCUT2D eigenvalue weighted by Crippen LogP contribution is 2.31. The minimum Gasteiger partial charge on any atom is -0.497 e. The van der Waals surface area contributed by atoms with Crippen LogP contribution in [0.5, 0.6) is 11.5 Å². The maximum Gasteiger partial charge on any atom is 0.331 e. The summed E-state index contributed by atoms with van der Waals surface area (Å²) in [6.07, 6.45) is 5.37. The van der Waals surface area contributed by atoms with Crippen LogP contribution in [-0.4, -0.2) is 58.5 Å². The number of carbonyl (C=O) groups is 2. The van der Waals surface area contributed by atoms with E-state index in [1.165, 1.54) is 35.7 Å². The van der Waals surface area contributed by atoms with Gasteiger partial charge in [-0.25, -0.2) is 13.2 Å². The highest BCUT2D eigenvalue weighted by Gasteiger charge is 2.29. The van der Waals surface area contributed by atoms with E-state index in [2.05, 4.69) is 5.32 Å². The molecule has 0 radical (unpaired) electrons.